The predicted octanol–water partition coefficient (Wildman–Crippen LogP) is 3.43. The molecule has 4 rings (SSSR count). The average molecular weight is 404 g/mol. The summed E-state index contributed by atoms with van der Waals surface area (Å²) in [7, 11) is -3.60. The molecule has 0 saturated heterocycles. The minimum Gasteiger partial charge on any atom is -0.267 e. The van der Waals surface area contributed by atoms with E-state index in [2.05, 4.69) is 30.5 Å². The Morgan fingerprint density at radius 1 is 1.32 bits per heavy atom. The third kappa shape index (κ3) is 3.65. The lowest BCUT2D eigenvalue weighted by molar-refractivity contribution is -0.00126. The summed E-state index contributed by atoms with van der Waals surface area (Å²) in [5, 5.41) is 4.12. The number of hydrogen-bond donors (Lipinski definition) is 1. The standard InChI is InChI=1S/C21H29N3O3S/c1-5-24(6-2)28(26,27)18-9-7-8-15(12-18)20(25)23-22-14-16-10-11-17-13-19(16)21(17,3)4/h7-10,12,14,17,19H,5-6,11,13H2,1-4H3,(H,23,25)/b22-14+. The molecule has 0 aliphatic heterocycles. The van der Waals surface area contributed by atoms with Crippen LogP contribution in [-0.2, 0) is 10.0 Å². The second-order valence-corrected chi connectivity index (χ2v) is 10.0. The number of benzene rings is 1. The SMILES string of the molecule is CCN(CC)S(=O)(=O)c1cccc(C(=O)N/N=C/C2=CCC3CC2C3(C)C)c1. The van der Waals surface area contributed by atoms with Gasteiger partial charge in [0.2, 0.25) is 10.0 Å². The Morgan fingerprint density at radius 3 is 2.64 bits per heavy atom. The van der Waals surface area contributed by atoms with Crippen LogP contribution in [0.15, 0.2) is 45.9 Å². The third-order valence-corrected chi connectivity index (χ3v) is 8.38. The van der Waals surface area contributed by atoms with E-state index < -0.39 is 15.9 Å². The van der Waals surface area contributed by atoms with Gasteiger partial charge in [0.05, 0.1) is 11.1 Å². The predicted molar refractivity (Wildman–Crippen MR) is 111 cm³/mol. The summed E-state index contributed by atoms with van der Waals surface area (Å²) in [4.78, 5) is 12.6. The Kier molecular flexibility index (Phi) is 5.77. The summed E-state index contributed by atoms with van der Waals surface area (Å²) in [6.45, 7) is 8.91. The molecule has 0 spiro atoms. The molecule has 7 heteroatoms. The number of carbonyl (C=O) groups excluding carboxylic acids is 1. The van der Waals surface area contributed by atoms with Crippen molar-refractivity contribution in [3.05, 3.63) is 41.5 Å². The van der Waals surface area contributed by atoms with Crippen molar-refractivity contribution in [3.63, 3.8) is 0 Å². The van der Waals surface area contributed by atoms with Gasteiger partial charge in [-0.2, -0.15) is 9.41 Å². The van der Waals surface area contributed by atoms with Crippen LogP contribution in [0, 0.1) is 17.3 Å². The molecule has 28 heavy (non-hydrogen) atoms. The average Bonchev–Trinajstić information content (AvgIpc) is 2.68. The van der Waals surface area contributed by atoms with Crippen LogP contribution in [0.2, 0.25) is 0 Å². The third-order valence-electron chi connectivity index (χ3n) is 6.33. The number of amides is 1. The van der Waals surface area contributed by atoms with Crippen LogP contribution in [0.4, 0.5) is 0 Å². The zero-order chi connectivity index (χ0) is 20.5. The molecule has 6 nitrogen and oxygen atoms in total. The zero-order valence-electron chi connectivity index (χ0n) is 17.0. The van der Waals surface area contributed by atoms with Gasteiger partial charge in [-0.15, -0.1) is 0 Å². The van der Waals surface area contributed by atoms with Crippen molar-refractivity contribution in [2.75, 3.05) is 13.1 Å². The quantitative estimate of drug-likeness (QED) is 0.560. The van der Waals surface area contributed by atoms with E-state index in [1.165, 1.54) is 28.4 Å². The largest absolute Gasteiger partial charge is 0.271 e. The highest BCUT2D eigenvalue weighted by molar-refractivity contribution is 7.89. The van der Waals surface area contributed by atoms with Gasteiger partial charge in [-0.3, -0.25) is 4.79 Å². The monoisotopic (exact) mass is 403 g/mol. The fourth-order valence-corrected chi connectivity index (χ4v) is 5.79. The smallest absolute Gasteiger partial charge is 0.267 e. The number of allylic oxidation sites excluding steroid dienone is 2. The summed E-state index contributed by atoms with van der Waals surface area (Å²) in [5.41, 5.74) is 4.27. The lowest BCUT2D eigenvalue weighted by Crippen LogP contribution is -2.48. The van der Waals surface area contributed by atoms with Gasteiger partial charge in [-0.05, 0) is 53.9 Å². The van der Waals surface area contributed by atoms with E-state index >= 15 is 0 Å². The first-order chi connectivity index (χ1) is 13.2. The molecular formula is C21H29N3O3S. The van der Waals surface area contributed by atoms with E-state index in [1.54, 1.807) is 32.2 Å². The Labute approximate surface area is 167 Å². The molecule has 2 unspecified atom stereocenters. The number of hydrazone groups is 1. The van der Waals surface area contributed by atoms with Crippen molar-refractivity contribution in [3.8, 4) is 0 Å². The van der Waals surface area contributed by atoms with Crippen LogP contribution in [-0.4, -0.2) is 37.9 Å². The zero-order valence-corrected chi connectivity index (χ0v) is 17.8. The fraction of sp³-hybridized carbons (Fsp3) is 0.524. The molecule has 1 aromatic carbocycles. The molecule has 152 valence electrons. The highest BCUT2D eigenvalue weighted by Gasteiger charge is 2.50. The van der Waals surface area contributed by atoms with Crippen LogP contribution in [0.5, 0.6) is 0 Å². The molecule has 1 aromatic rings. The van der Waals surface area contributed by atoms with Crippen LogP contribution >= 0.6 is 0 Å². The first-order valence-corrected chi connectivity index (χ1v) is 11.3. The summed E-state index contributed by atoms with van der Waals surface area (Å²) in [6, 6.07) is 6.08. The number of fused-ring (bicyclic) bond motifs is 1. The van der Waals surface area contributed by atoms with E-state index in [4.69, 9.17) is 0 Å². The van der Waals surface area contributed by atoms with Crippen molar-refractivity contribution in [2.45, 2.75) is 45.4 Å². The molecule has 0 radical (unpaired) electrons. The topological polar surface area (TPSA) is 78.8 Å². The normalized spacial score (nSPS) is 23.4. The summed E-state index contributed by atoms with van der Waals surface area (Å²) < 4.78 is 26.7. The highest BCUT2D eigenvalue weighted by Crippen LogP contribution is 2.58. The Hall–Kier alpha value is -1.99. The minimum atomic E-state index is -3.60. The number of hydrogen-bond acceptors (Lipinski definition) is 4. The molecule has 1 fully saturated rings. The number of rotatable bonds is 7. The maximum Gasteiger partial charge on any atom is 0.271 e. The van der Waals surface area contributed by atoms with Crippen LogP contribution < -0.4 is 5.43 Å². The highest BCUT2D eigenvalue weighted by atomic mass is 32.2. The fourth-order valence-electron chi connectivity index (χ4n) is 4.29. The lowest BCUT2D eigenvalue weighted by Gasteiger charge is -2.55. The Bertz CT molecular complexity index is 915. The van der Waals surface area contributed by atoms with Crippen LogP contribution in [0.3, 0.4) is 0 Å². The van der Waals surface area contributed by atoms with Crippen molar-refractivity contribution in [1.29, 1.82) is 0 Å². The Morgan fingerprint density at radius 2 is 2.04 bits per heavy atom. The van der Waals surface area contributed by atoms with Gasteiger partial charge < -0.3 is 0 Å². The molecule has 0 aromatic heterocycles. The molecule has 3 aliphatic carbocycles. The van der Waals surface area contributed by atoms with Gasteiger partial charge in [0, 0.05) is 18.7 Å². The molecule has 1 saturated carbocycles. The van der Waals surface area contributed by atoms with Crippen molar-refractivity contribution >= 4 is 22.1 Å². The van der Waals surface area contributed by atoms with E-state index in [0.717, 1.165) is 12.3 Å². The summed E-state index contributed by atoms with van der Waals surface area (Å²) >= 11 is 0. The second kappa shape index (κ2) is 7.79. The summed E-state index contributed by atoms with van der Waals surface area (Å²) in [6.07, 6.45) is 6.18. The summed E-state index contributed by atoms with van der Waals surface area (Å²) in [5.74, 6) is 0.823. The first kappa shape index (κ1) is 20.7. The van der Waals surface area contributed by atoms with Crippen LogP contribution in [0.1, 0.15) is 50.9 Å². The van der Waals surface area contributed by atoms with Gasteiger partial charge in [-0.25, -0.2) is 13.8 Å². The maximum atomic E-state index is 12.6. The molecule has 1 amide bonds. The van der Waals surface area contributed by atoms with Crippen LogP contribution in [0.25, 0.3) is 0 Å². The number of sulfonamides is 1. The van der Waals surface area contributed by atoms with Crippen molar-refractivity contribution in [1.82, 2.24) is 9.73 Å². The molecule has 2 atom stereocenters. The van der Waals surface area contributed by atoms with Gasteiger partial charge in [0.15, 0.2) is 0 Å². The molecule has 1 N–H and O–H groups in total. The van der Waals surface area contributed by atoms with E-state index in [1.807, 2.05) is 0 Å². The van der Waals surface area contributed by atoms with E-state index in [-0.39, 0.29) is 10.5 Å². The Balaban J connectivity index is 1.70. The maximum absolute atomic E-state index is 12.6. The van der Waals surface area contributed by atoms with Gasteiger partial charge in [0.1, 0.15) is 0 Å². The number of nitrogens with one attached hydrogen (secondary N) is 1. The minimum absolute atomic E-state index is 0.116. The molecule has 3 aliphatic rings. The number of carbonyl (C=O) groups is 1. The van der Waals surface area contributed by atoms with Gasteiger partial charge in [0.25, 0.3) is 5.91 Å². The van der Waals surface area contributed by atoms with Gasteiger partial charge >= 0.3 is 0 Å². The molecule has 0 heterocycles. The second-order valence-electron chi connectivity index (χ2n) is 8.06. The van der Waals surface area contributed by atoms with E-state index in [9.17, 15) is 13.2 Å². The molecular weight excluding hydrogens is 374 g/mol. The first-order valence-electron chi connectivity index (χ1n) is 9.85. The molecule has 2 bridgehead atoms. The van der Waals surface area contributed by atoms with Crippen molar-refractivity contribution < 1.29 is 13.2 Å². The van der Waals surface area contributed by atoms with Gasteiger partial charge in [-0.1, -0.05) is 39.8 Å². The van der Waals surface area contributed by atoms with E-state index in [0.29, 0.717) is 24.4 Å². The lowest BCUT2D eigenvalue weighted by atomic mass is 9.49. The van der Waals surface area contributed by atoms with Crippen molar-refractivity contribution in [2.24, 2.45) is 22.4 Å². The number of nitrogens with zero attached hydrogens (tertiary/aromatic N) is 2.